The van der Waals surface area contributed by atoms with Crippen molar-refractivity contribution in [3.05, 3.63) is 57.6 Å². The van der Waals surface area contributed by atoms with Gasteiger partial charge in [0.1, 0.15) is 0 Å². The zero-order valence-electron chi connectivity index (χ0n) is 13.4. The minimum absolute atomic E-state index is 0.00818. The first-order valence-electron chi connectivity index (χ1n) is 6.99. The van der Waals surface area contributed by atoms with E-state index in [-0.39, 0.29) is 22.7 Å². The van der Waals surface area contributed by atoms with Crippen molar-refractivity contribution in [1.29, 1.82) is 0 Å². The Labute approximate surface area is 142 Å². The van der Waals surface area contributed by atoms with Crippen LogP contribution in [0.5, 0.6) is 11.5 Å². The highest BCUT2D eigenvalue weighted by atomic mass is 16.6. The molecular weight excluding hydrogens is 330 g/mol. The van der Waals surface area contributed by atoms with Crippen LogP contribution in [0.25, 0.3) is 0 Å². The molecule has 0 heterocycles. The van der Waals surface area contributed by atoms with Crippen LogP contribution in [0.2, 0.25) is 0 Å². The van der Waals surface area contributed by atoms with Crippen molar-refractivity contribution < 1.29 is 24.3 Å². The summed E-state index contributed by atoms with van der Waals surface area (Å²) >= 11 is 0. The molecule has 0 aliphatic carbocycles. The molecule has 25 heavy (non-hydrogen) atoms. The SMILES string of the molecule is COc1cc(C=NNc2ccccc2C(=O)O)cc([N+](=O)[O-])c1OC. The summed E-state index contributed by atoms with van der Waals surface area (Å²) < 4.78 is 10.1. The molecule has 2 rings (SSSR count). The van der Waals surface area contributed by atoms with E-state index in [2.05, 4.69) is 10.5 Å². The van der Waals surface area contributed by atoms with Crippen molar-refractivity contribution in [2.24, 2.45) is 5.10 Å². The molecule has 130 valence electrons. The molecule has 0 aliphatic heterocycles. The van der Waals surface area contributed by atoms with Crippen molar-refractivity contribution in [3.63, 3.8) is 0 Å². The third-order valence-corrected chi connectivity index (χ3v) is 3.23. The molecule has 0 fully saturated rings. The number of aromatic carboxylic acids is 1. The van der Waals surface area contributed by atoms with E-state index in [1.807, 2.05) is 0 Å². The number of nitrogens with one attached hydrogen (secondary N) is 1. The van der Waals surface area contributed by atoms with Gasteiger partial charge in [-0.3, -0.25) is 15.5 Å². The molecule has 0 atom stereocenters. The topological polar surface area (TPSA) is 123 Å². The molecule has 0 saturated heterocycles. The second kappa shape index (κ2) is 7.77. The average molecular weight is 345 g/mol. The minimum atomic E-state index is -1.10. The van der Waals surface area contributed by atoms with Crippen molar-refractivity contribution in [3.8, 4) is 11.5 Å². The maximum atomic E-state index is 11.2. The number of carboxylic acid groups (broad SMARTS) is 1. The third-order valence-electron chi connectivity index (χ3n) is 3.23. The van der Waals surface area contributed by atoms with Gasteiger partial charge in [-0.25, -0.2) is 4.79 Å². The summed E-state index contributed by atoms with van der Waals surface area (Å²) in [6.45, 7) is 0. The van der Waals surface area contributed by atoms with Crippen molar-refractivity contribution in [2.75, 3.05) is 19.6 Å². The average Bonchev–Trinajstić information content (AvgIpc) is 2.61. The van der Waals surface area contributed by atoms with Crippen molar-refractivity contribution in [2.45, 2.75) is 0 Å². The Kier molecular flexibility index (Phi) is 5.51. The lowest BCUT2D eigenvalue weighted by molar-refractivity contribution is -0.385. The predicted octanol–water partition coefficient (Wildman–Crippen LogP) is 2.76. The lowest BCUT2D eigenvalue weighted by Crippen LogP contribution is -2.02. The van der Waals surface area contributed by atoms with Gasteiger partial charge in [-0.1, -0.05) is 12.1 Å². The number of carboxylic acids is 1. The van der Waals surface area contributed by atoms with Gasteiger partial charge >= 0.3 is 11.7 Å². The summed E-state index contributed by atoms with van der Waals surface area (Å²) in [6.07, 6.45) is 1.31. The third kappa shape index (κ3) is 4.02. The monoisotopic (exact) mass is 345 g/mol. The molecule has 0 amide bonds. The number of benzene rings is 2. The first kappa shape index (κ1) is 17.7. The van der Waals surface area contributed by atoms with Gasteiger partial charge in [0.25, 0.3) is 0 Å². The van der Waals surface area contributed by atoms with Crippen LogP contribution in [-0.4, -0.2) is 36.4 Å². The van der Waals surface area contributed by atoms with E-state index >= 15 is 0 Å². The number of hydrazone groups is 1. The molecule has 0 unspecified atom stereocenters. The van der Waals surface area contributed by atoms with E-state index in [0.717, 1.165) is 0 Å². The van der Waals surface area contributed by atoms with Crippen LogP contribution >= 0.6 is 0 Å². The second-order valence-electron chi connectivity index (χ2n) is 4.75. The van der Waals surface area contributed by atoms with Crippen LogP contribution in [0.1, 0.15) is 15.9 Å². The van der Waals surface area contributed by atoms with Gasteiger partial charge < -0.3 is 14.6 Å². The number of hydrogen-bond donors (Lipinski definition) is 2. The van der Waals surface area contributed by atoms with Crippen LogP contribution in [0.3, 0.4) is 0 Å². The van der Waals surface area contributed by atoms with Gasteiger partial charge in [0, 0.05) is 11.6 Å². The Hall–Kier alpha value is -3.62. The number of methoxy groups -OCH3 is 2. The van der Waals surface area contributed by atoms with E-state index in [1.54, 1.807) is 18.2 Å². The molecule has 0 radical (unpaired) electrons. The highest BCUT2D eigenvalue weighted by Gasteiger charge is 2.21. The first-order chi connectivity index (χ1) is 12.0. The smallest absolute Gasteiger partial charge is 0.337 e. The van der Waals surface area contributed by atoms with Crippen LogP contribution in [-0.2, 0) is 0 Å². The number of para-hydroxylation sites is 1. The van der Waals surface area contributed by atoms with E-state index in [1.165, 1.54) is 38.6 Å². The maximum Gasteiger partial charge on any atom is 0.337 e. The summed E-state index contributed by atoms with van der Waals surface area (Å²) in [4.78, 5) is 21.7. The normalized spacial score (nSPS) is 10.5. The van der Waals surface area contributed by atoms with Crippen molar-refractivity contribution in [1.82, 2.24) is 0 Å². The number of hydrogen-bond acceptors (Lipinski definition) is 7. The molecule has 9 heteroatoms. The molecular formula is C16H15N3O6. The molecule has 0 spiro atoms. The molecule has 0 bridgehead atoms. The summed E-state index contributed by atoms with van der Waals surface area (Å²) in [5, 5.41) is 24.2. The quantitative estimate of drug-likeness (QED) is 0.449. The highest BCUT2D eigenvalue weighted by molar-refractivity contribution is 5.94. The second-order valence-corrected chi connectivity index (χ2v) is 4.75. The number of nitro benzene ring substituents is 1. The number of carbonyl (C=O) groups is 1. The van der Waals surface area contributed by atoms with E-state index in [0.29, 0.717) is 11.3 Å². The fourth-order valence-corrected chi connectivity index (χ4v) is 2.12. The summed E-state index contributed by atoms with van der Waals surface area (Å²) in [7, 11) is 2.67. The zero-order valence-corrected chi connectivity index (χ0v) is 13.4. The molecule has 0 aromatic heterocycles. The highest BCUT2D eigenvalue weighted by Crippen LogP contribution is 2.37. The number of ether oxygens (including phenoxy) is 2. The van der Waals surface area contributed by atoms with Gasteiger partial charge in [0.15, 0.2) is 5.75 Å². The van der Waals surface area contributed by atoms with Gasteiger partial charge in [0.2, 0.25) is 5.75 Å². The van der Waals surface area contributed by atoms with E-state index in [9.17, 15) is 14.9 Å². The minimum Gasteiger partial charge on any atom is -0.493 e. The lowest BCUT2D eigenvalue weighted by Gasteiger charge is -2.09. The molecule has 0 aliphatic rings. The maximum absolute atomic E-state index is 11.2. The summed E-state index contributed by atoms with van der Waals surface area (Å²) in [5.74, 6) is -0.905. The molecule has 2 N–H and O–H groups in total. The first-order valence-corrected chi connectivity index (χ1v) is 6.99. The van der Waals surface area contributed by atoms with Gasteiger partial charge in [0.05, 0.1) is 36.6 Å². The van der Waals surface area contributed by atoms with Crippen LogP contribution in [0.15, 0.2) is 41.5 Å². The van der Waals surface area contributed by atoms with E-state index < -0.39 is 10.9 Å². The standard InChI is InChI=1S/C16H15N3O6/c1-24-14-8-10(7-13(19(22)23)15(14)25-2)9-17-18-12-6-4-3-5-11(12)16(20)21/h3-9,18H,1-2H3,(H,20,21). The predicted molar refractivity (Wildman–Crippen MR) is 90.8 cm³/mol. The van der Waals surface area contributed by atoms with Crippen LogP contribution in [0.4, 0.5) is 11.4 Å². The zero-order chi connectivity index (χ0) is 18.4. The Morgan fingerprint density at radius 3 is 2.60 bits per heavy atom. The van der Waals surface area contributed by atoms with E-state index in [4.69, 9.17) is 14.6 Å². The van der Waals surface area contributed by atoms with Gasteiger partial charge in [-0.2, -0.15) is 5.10 Å². The molecule has 9 nitrogen and oxygen atoms in total. The Balaban J connectivity index is 2.31. The van der Waals surface area contributed by atoms with Gasteiger partial charge in [-0.05, 0) is 18.2 Å². The fourth-order valence-electron chi connectivity index (χ4n) is 2.12. The molecule has 0 saturated carbocycles. The van der Waals surface area contributed by atoms with Gasteiger partial charge in [-0.15, -0.1) is 0 Å². The molecule has 2 aromatic rings. The largest absolute Gasteiger partial charge is 0.493 e. The van der Waals surface area contributed by atoms with Crippen LogP contribution < -0.4 is 14.9 Å². The fraction of sp³-hybridized carbons (Fsp3) is 0.125. The number of nitro groups is 1. The number of anilines is 1. The summed E-state index contributed by atoms with van der Waals surface area (Å²) in [6, 6.07) is 9.02. The Morgan fingerprint density at radius 1 is 1.28 bits per heavy atom. The van der Waals surface area contributed by atoms with Crippen LogP contribution in [0, 0.1) is 10.1 Å². The Bertz CT molecular complexity index is 835. The Morgan fingerprint density at radius 2 is 2.00 bits per heavy atom. The number of nitrogens with zero attached hydrogens (tertiary/aromatic N) is 2. The van der Waals surface area contributed by atoms with Crippen molar-refractivity contribution >= 4 is 23.6 Å². The summed E-state index contributed by atoms with van der Waals surface area (Å²) in [5.41, 5.74) is 3.06. The lowest BCUT2D eigenvalue weighted by atomic mass is 10.2. The molecule has 2 aromatic carbocycles. The number of rotatable bonds is 7.